The number of hydrogen-bond acceptors (Lipinski definition) is 12. The maximum Gasteiger partial charge on any atom is 0.269 e. The Morgan fingerprint density at radius 3 is 1.71 bits per heavy atom. The predicted molar refractivity (Wildman–Crippen MR) is 245 cm³/mol. The fourth-order valence-corrected chi connectivity index (χ4v) is 6.68. The highest BCUT2D eigenvalue weighted by Crippen LogP contribution is 2.26. The van der Waals surface area contributed by atoms with E-state index < -0.39 is 9.85 Å². The molecular formula is C43H37BrCl2N10O6. The molecule has 1 aliphatic rings. The summed E-state index contributed by atoms with van der Waals surface area (Å²) in [4.78, 5) is 46.2. The predicted octanol–water partition coefficient (Wildman–Crippen LogP) is 9.47. The van der Waals surface area contributed by atoms with Crippen molar-refractivity contribution in [1.82, 2.24) is 23.8 Å². The molecule has 1 saturated heterocycles. The third-order valence-corrected chi connectivity index (χ3v) is 10.1. The molecule has 0 aliphatic carbocycles. The lowest BCUT2D eigenvalue weighted by Crippen LogP contribution is -2.37. The van der Waals surface area contributed by atoms with Crippen molar-refractivity contribution in [3.05, 3.63) is 176 Å². The normalized spacial score (nSPS) is 12.0. The Balaban J connectivity index is 0.000000146. The molecular weight excluding hydrogens is 903 g/mol. The number of hydrogen-bond donors (Lipinski definition) is 2. The Morgan fingerprint density at radius 1 is 0.677 bits per heavy atom. The lowest BCUT2D eigenvalue weighted by Gasteiger charge is -2.29. The van der Waals surface area contributed by atoms with Crippen LogP contribution in [0.5, 0.6) is 0 Å². The number of benzene rings is 3. The molecule has 1 aliphatic heterocycles. The molecule has 316 valence electrons. The summed E-state index contributed by atoms with van der Waals surface area (Å²) in [5.41, 5.74) is 17.6. The van der Waals surface area contributed by atoms with Crippen LogP contribution in [0.1, 0.15) is 10.4 Å². The number of fused-ring (bicyclic) bond motifs is 2. The summed E-state index contributed by atoms with van der Waals surface area (Å²) < 4.78 is 9.35. The standard InChI is InChI=1S/C17H18N4O.C13H8ClN3O2.C8H6BrNO3.C5H5ClN2/c18-14-6-4-13(5-7-14)15-12-21-16(19-15)2-1-3-17(21)20-8-10-22-11-9-20;14-12-2-1-3-13-15-11(8-16(12)13)9-4-6-10(7-5-9)17(18)19;9-5-8(11)6-1-3-7(4-2-6)10(12)13;6-4-2-1-3-5(7)8-4/h1-7,12H,8-11,18H2;1-8H;1-4H,5H2;1-3H,(H2,7,8). The van der Waals surface area contributed by atoms with E-state index in [2.05, 4.69) is 53.5 Å². The second-order valence-electron chi connectivity index (χ2n) is 13.2. The number of non-ortho nitro benzene ring substituents is 2. The van der Waals surface area contributed by atoms with Crippen molar-refractivity contribution in [1.29, 1.82) is 0 Å². The van der Waals surface area contributed by atoms with Gasteiger partial charge in [0.2, 0.25) is 0 Å². The van der Waals surface area contributed by atoms with Crippen molar-refractivity contribution < 1.29 is 19.4 Å². The van der Waals surface area contributed by atoms with Crippen molar-refractivity contribution in [2.45, 2.75) is 0 Å². The molecule has 0 atom stereocenters. The number of pyridine rings is 3. The first-order chi connectivity index (χ1) is 29.9. The van der Waals surface area contributed by atoms with Crippen molar-refractivity contribution in [3.63, 3.8) is 0 Å². The van der Waals surface area contributed by atoms with Crippen molar-refractivity contribution in [2.24, 2.45) is 0 Å². The Morgan fingerprint density at radius 2 is 1.19 bits per heavy atom. The van der Waals surface area contributed by atoms with E-state index in [1.165, 1.54) is 36.4 Å². The van der Waals surface area contributed by atoms with Crippen LogP contribution in [-0.4, -0.2) is 71.0 Å². The smallest absolute Gasteiger partial charge is 0.269 e. The van der Waals surface area contributed by atoms with Gasteiger partial charge >= 0.3 is 0 Å². The average molecular weight is 941 g/mol. The number of carbonyl (C=O) groups excluding carboxylic acids is 1. The van der Waals surface area contributed by atoms with Gasteiger partial charge in [0.25, 0.3) is 11.4 Å². The Bertz CT molecular complexity index is 2780. The fraction of sp³-hybridized carbons (Fsp3) is 0.116. The number of imidazole rings is 2. The minimum Gasteiger partial charge on any atom is -0.399 e. The molecule has 62 heavy (non-hydrogen) atoms. The maximum atomic E-state index is 11.1. The van der Waals surface area contributed by atoms with Gasteiger partial charge in [-0.15, -0.1) is 0 Å². The van der Waals surface area contributed by atoms with Crippen LogP contribution in [0.2, 0.25) is 10.3 Å². The van der Waals surface area contributed by atoms with E-state index in [-0.39, 0.29) is 22.5 Å². The SMILES string of the molecule is Nc1ccc(-c2cn3c(N4CCOCC4)cccc3n2)cc1.Nc1cccc(Cl)n1.O=C(CBr)c1ccc([N+](=O)[O-])cc1.O=[N+]([O-])c1ccc(-c2cn3c(Cl)cccc3n2)cc1. The summed E-state index contributed by atoms with van der Waals surface area (Å²) >= 11 is 14.5. The largest absolute Gasteiger partial charge is 0.399 e. The van der Waals surface area contributed by atoms with Gasteiger partial charge < -0.3 is 21.1 Å². The van der Waals surface area contributed by atoms with E-state index in [4.69, 9.17) is 44.4 Å². The summed E-state index contributed by atoms with van der Waals surface area (Å²) in [5, 5.41) is 22.1. The Labute approximate surface area is 372 Å². The highest BCUT2D eigenvalue weighted by Gasteiger charge is 2.16. The molecule has 19 heteroatoms. The third kappa shape index (κ3) is 11.7. The van der Waals surface area contributed by atoms with Crippen LogP contribution in [0.25, 0.3) is 33.8 Å². The minimum absolute atomic E-state index is 0.00822. The van der Waals surface area contributed by atoms with Gasteiger partial charge in [-0.05, 0) is 72.8 Å². The first-order valence-corrected chi connectivity index (χ1v) is 20.5. The van der Waals surface area contributed by atoms with E-state index in [0.717, 1.165) is 71.6 Å². The zero-order valence-corrected chi connectivity index (χ0v) is 35.7. The van der Waals surface area contributed by atoms with Crippen molar-refractivity contribution in [2.75, 3.05) is 48.0 Å². The van der Waals surface area contributed by atoms with Gasteiger partial charge in [0.15, 0.2) is 5.78 Å². The van der Waals surface area contributed by atoms with E-state index in [1.807, 2.05) is 42.5 Å². The maximum absolute atomic E-state index is 11.1. The quantitative estimate of drug-likeness (QED) is 0.0382. The van der Waals surface area contributed by atoms with Crippen LogP contribution in [0, 0.1) is 20.2 Å². The second kappa shape index (κ2) is 21.0. The number of aromatic nitrogens is 5. The van der Waals surface area contributed by atoms with E-state index >= 15 is 0 Å². The van der Waals surface area contributed by atoms with Crippen LogP contribution >= 0.6 is 39.1 Å². The molecule has 9 rings (SSSR count). The minimum atomic E-state index is -0.498. The highest BCUT2D eigenvalue weighted by atomic mass is 79.9. The molecule has 16 nitrogen and oxygen atoms in total. The summed E-state index contributed by atoms with van der Waals surface area (Å²) in [7, 11) is 0. The number of anilines is 3. The first kappa shape index (κ1) is 44.6. The number of Topliss-reactive ketones (excluding diaryl/α,β-unsaturated/α-hetero) is 1. The molecule has 0 saturated carbocycles. The summed E-state index contributed by atoms with van der Waals surface area (Å²) in [6.07, 6.45) is 3.89. The van der Waals surface area contributed by atoms with Gasteiger partial charge in [-0.2, -0.15) is 0 Å². The molecule has 6 heterocycles. The van der Waals surface area contributed by atoms with Crippen LogP contribution in [0.3, 0.4) is 0 Å². The number of nitrogen functional groups attached to an aromatic ring is 2. The molecule has 0 unspecified atom stereocenters. The van der Waals surface area contributed by atoms with Gasteiger partial charge in [-0.1, -0.05) is 69.5 Å². The number of ketones is 1. The molecule has 5 aromatic heterocycles. The summed E-state index contributed by atoms with van der Waals surface area (Å²) in [6.45, 7) is 3.37. The number of rotatable bonds is 7. The van der Waals surface area contributed by atoms with E-state index in [0.29, 0.717) is 21.7 Å². The van der Waals surface area contributed by atoms with E-state index in [1.54, 1.807) is 47.0 Å². The molecule has 8 aromatic rings. The van der Waals surface area contributed by atoms with Gasteiger partial charge in [-0.25, -0.2) is 15.0 Å². The number of halogens is 3. The molecule has 3 aromatic carbocycles. The van der Waals surface area contributed by atoms with Gasteiger partial charge in [0, 0.05) is 72.1 Å². The number of nitrogens with two attached hydrogens (primary N) is 2. The summed E-state index contributed by atoms with van der Waals surface area (Å²) in [6, 6.07) is 36.4. The van der Waals surface area contributed by atoms with Gasteiger partial charge in [-0.3, -0.25) is 33.8 Å². The lowest BCUT2D eigenvalue weighted by molar-refractivity contribution is -0.385. The Kier molecular flexibility index (Phi) is 15.2. The molecule has 4 N–H and O–H groups in total. The number of nitro groups is 2. The van der Waals surface area contributed by atoms with Crippen LogP contribution in [0.15, 0.2) is 140 Å². The fourth-order valence-electron chi connectivity index (χ4n) is 5.98. The number of alkyl halides is 1. The van der Waals surface area contributed by atoms with Crippen LogP contribution in [-0.2, 0) is 4.74 Å². The lowest BCUT2D eigenvalue weighted by atomic mass is 10.1. The van der Waals surface area contributed by atoms with Gasteiger partial charge in [0.05, 0.1) is 39.8 Å². The highest BCUT2D eigenvalue weighted by molar-refractivity contribution is 9.09. The number of nitro benzene ring substituents is 2. The van der Waals surface area contributed by atoms with E-state index in [9.17, 15) is 25.0 Å². The zero-order chi connectivity index (χ0) is 44.2. The zero-order valence-electron chi connectivity index (χ0n) is 32.6. The second-order valence-corrected chi connectivity index (χ2v) is 14.5. The number of nitrogens with zero attached hydrogens (tertiary/aromatic N) is 8. The average Bonchev–Trinajstić information content (AvgIpc) is 3.94. The van der Waals surface area contributed by atoms with Crippen molar-refractivity contribution in [3.8, 4) is 22.5 Å². The molecule has 0 bridgehead atoms. The van der Waals surface area contributed by atoms with Gasteiger partial charge in [0.1, 0.15) is 33.2 Å². The number of ether oxygens (including phenoxy) is 1. The monoisotopic (exact) mass is 938 g/mol. The molecule has 1 fully saturated rings. The molecule has 0 amide bonds. The molecule has 0 radical (unpaired) electrons. The first-order valence-electron chi connectivity index (χ1n) is 18.7. The number of carbonyl (C=O) groups is 1. The number of morpholine rings is 1. The molecule has 0 spiro atoms. The van der Waals surface area contributed by atoms with Crippen molar-refractivity contribution >= 4 is 84.9 Å². The topological polar surface area (TPSA) is 215 Å². The van der Waals surface area contributed by atoms with Crippen LogP contribution < -0.4 is 16.4 Å². The third-order valence-electron chi connectivity index (χ3n) is 9.09. The van der Waals surface area contributed by atoms with Crippen LogP contribution in [0.4, 0.5) is 28.7 Å². The Hall–Kier alpha value is -6.92. The summed E-state index contributed by atoms with van der Waals surface area (Å²) in [5.74, 6) is 1.53.